The molecule has 0 saturated carbocycles. The van der Waals surface area contributed by atoms with Gasteiger partial charge in [0.2, 0.25) is 0 Å². The molecule has 1 aromatic carbocycles. The number of H-pyrrole nitrogens is 2. The minimum atomic E-state index is -0.519. The third-order valence-electron chi connectivity index (χ3n) is 5.30. The summed E-state index contributed by atoms with van der Waals surface area (Å²) in [7, 11) is 0. The van der Waals surface area contributed by atoms with Crippen molar-refractivity contribution in [3.8, 4) is 28.3 Å². The standard InChI is InChI=1S/C25H19FN6O/c1-3-5-28-20(4-2)21-10-18-24(13-29-21)31-32-25(18)22-9-17-19(11-27-12-23(17)30-22)14-6-15(26)8-16(33)7-14/h3-13,30,33H,1H2,2H3,(H,31,32)/b20-4-,28-5?. The van der Waals surface area contributed by atoms with E-state index in [-0.39, 0.29) is 5.75 Å². The maximum absolute atomic E-state index is 13.9. The quantitative estimate of drug-likeness (QED) is 0.309. The Morgan fingerprint density at radius 1 is 1.09 bits per heavy atom. The first kappa shape index (κ1) is 20.3. The number of aliphatic imine (C=N–C) groups is 1. The maximum Gasteiger partial charge on any atom is 0.127 e. The zero-order valence-corrected chi connectivity index (χ0v) is 17.7. The Bertz CT molecular complexity index is 1560. The molecule has 0 fully saturated rings. The summed E-state index contributed by atoms with van der Waals surface area (Å²) in [5.74, 6) is -0.662. The molecule has 0 atom stereocenters. The van der Waals surface area contributed by atoms with Crippen LogP contribution in [-0.4, -0.2) is 36.5 Å². The van der Waals surface area contributed by atoms with Crippen molar-refractivity contribution in [2.24, 2.45) is 4.99 Å². The monoisotopic (exact) mass is 438 g/mol. The smallest absolute Gasteiger partial charge is 0.127 e. The predicted octanol–water partition coefficient (Wildman–Crippen LogP) is 5.63. The molecule has 162 valence electrons. The molecule has 4 heterocycles. The van der Waals surface area contributed by atoms with Gasteiger partial charge in [-0.25, -0.2) is 4.39 Å². The maximum atomic E-state index is 13.9. The van der Waals surface area contributed by atoms with Crippen molar-refractivity contribution in [3.63, 3.8) is 0 Å². The van der Waals surface area contributed by atoms with Crippen molar-refractivity contribution in [1.29, 1.82) is 0 Å². The number of halogens is 1. The van der Waals surface area contributed by atoms with Crippen LogP contribution in [-0.2, 0) is 0 Å². The molecule has 0 saturated heterocycles. The number of nitrogens with zero attached hydrogens (tertiary/aromatic N) is 4. The summed E-state index contributed by atoms with van der Waals surface area (Å²) in [5, 5.41) is 19.0. The van der Waals surface area contributed by atoms with Gasteiger partial charge in [0.25, 0.3) is 0 Å². The van der Waals surface area contributed by atoms with Gasteiger partial charge < -0.3 is 10.1 Å². The van der Waals surface area contributed by atoms with Crippen LogP contribution in [0, 0.1) is 5.82 Å². The number of aromatic nitrogens is 5. The van der Waals surface area contributed by atoms with E-state index in [0.717, 1.165) is 39.3 Å². The van der Waals surface area contributed by atoms with Gasteiger partial charge in [-0.3, -0.25) is 20.1 Å². The van der Waals surface area contributed by atoms with Gasteiger partial charge in [0.1, 0.15) is 17.3 Å². The summed E-state index contributed by atoms with van der Waals surface area (Å²) in [6.07, 6.45) is 10.2. The molecule has 3 N–H and O–H groups in total. The van der Waals surface area contributed by atoms with Gasteiger partial charge in [0.15, 0.2) is 0 Å². The largest absolute Gasteiger partial charge is 0.508 e. The lowest BCUT2D eigenvalue weighted by molar-refractivity contribution is 0.469. The molecule has 0 aliphatic heterocycles. The highest BCUT2D eigenvalue weighted by Crippen LogP contribution is 2.35. The second-order valence-corrected chi connectivity index (χ2v) is 7.40. The first-order valence-corrected chi connectivity index (χ1v) is 10.2. The number of nitrogens with one attached hydrogen (secondary N) is 2. The van der Waals surface area contributed by atoms with E-state index in [2.05, 4.69) is 36.7 Å². The molecule has 0 aliphatic carbocycles. The van der Waals surface area contributed by atoms with Crippen LogP contribution < -0.4 is 0 Å². The third-order valence-corrected chi connectivity index (χ3v) is 5.30. The van der Waals surface area contributed by atoms with Crippen molar-refractivity contribution in [1.82, 2.24) is 25.1 Å². The van der Waals surface area contributed by atoms with Gasteiger partial charge in [-0.2, -0.15) is 5.10 Å². The van der Waals surface area contributed by atoms with Crippen LogP contribution in [0.5, 0.6) is 5.75 Å². The zero-order valence-electron chi connectivity index (χ0n) is 17.7. The average molecular weight is 438 g/mol. The third kappa shape index (κ3) is 3.67. The molecule has 33 heavy (non-hydrogen) atoms. The summed E-state index contributed by atoms with van der Waals surface area (Å²) in [5.41, 5.74) is 5.68. The van der Waals surface area contributed by atoms with Crippen molar-refractivity contribution in [2.75, 3.05) is 0 Å². The van der Waals surface area contributed by atoms with E-state index in [4.69, 9.17) is 0 Å². The van der Waals surface area contributed by atoms with E-state index in [0.29, 0.717) is 22.5 Å². The molecule has 4 aromatic heterocycles. The van der Waals surface area contributed by atoms with Gasteiger partial charge in [0.05, 0.1) is 40.5 Å². The van der Waals surface area contributed by atoms with E-state index >= 15 is 0 Å². The first-order chi connectivity index (χ1) is 16.1. The number of pyridine rings is 2. The summed E-state index contributed by atoms with van der Waals surface area (Å²) in [6.45, 7) is 5.56. The highest BCUT2D eigenvalue weighted by Gasteiger charge is 2.16. The molecular weight excluding hydrogens is 419 g/mol. The topological polar surface area (TPSA) is 103 Å². The number of fused-ring (bicyclic) bond motifs is 2. The van der Waals surface area contributed by atoms with Crippen molar-refractivity contribution >= 4 is 33.7 Å². The normalized spacial score (nSPS) is 12.2. The van der Waals surface area contributed by atoms with Gasteiger partial charge in [-0.1, -0.05) is 18.7 Å². The Morgan fingerprint density at radius 2 is 1.97 bits per heavy atom. The Hall–Kier alpha value is -4.59. The van der Waals surface area contributed by atoms with E-state index in [1.165, 1.54) is 12.1 Å². The van der Waals surface area contributed by atoms with Crippen molar-refractivity contribution in [2.45, 2.75) is 6.92 Å². The molecular formula is C25H19FN6O. The number of hydrogen-bond acceptors (Lipinski definition) is 5. The van der Waals surface area contributed by atoms with Crippen LogP contribution in [0.1, 0.15) is 12.6 Å². The number of hydrogen-bond donors (Lipinski definition) is 3. The molecule has 8 heteroatoms. The van der Waals surface area contributed by atoms with E-state index in [1.54, 1.807) is 30.9 Å². The second-order valence-electron chi connectivity index (χ2n) is 7.40. The van der Waals surface area contributed by atoms with Crippen LogP contribution in [0.3, 0.4) is 0 Å². The van der Waals surface area contributed by atoms with E-state index in [1.807, 2.05) is 25.1 Å². The zero-order chi connectivity index (χ0) is 22.9. The van der Waals surface area contributed by atoms with Crippen molar-refractivity contribution < 1.29 is 9.50 Å². The molecule has 7 nitrogen and oxygen atoms in total. The highest BCUT2D eigenvalue weighted by atomic mass is 19.1. The SMILES string of the molecule is C=CC=N/C(=C\C)c1cc2c(-c3cc4c(-c5cc(O)cc(F)c5)cncc4[nH]3)n[nH]c2cn1. The van der Waals surface area contributed by atoms with Gasteiger partial charge >= 0.3 is 0 Å². The number of allylic oxidation sites excluding steroid dienone is 2. The van der Waals surface area contributed by atoms with Crippen molar-refractivity contribution in [3.05, 3.63) is 79.2 Å². The average Bonchev–Trinajstić information content (AvgIpc) is 3.42. The summed E-state index contributed by atoms with van der Waals surface area (Å²) < 4.78 is 13.9. The lowest BCUT2D eigenvalue weighted by atomic mass is 10.0. The van der Waals surface area contributed by atoms with Crippen LogP contribution in [0.15, 0.2) is 72.6 Å². The fraction of sp³-hybridized carbons (Fsp3) is 0.0400. The lowest BCUT2D eigenvalue weighted by Crippen LogP contribution is -1.88. The fourth-order valence-electron chi connectivity index (χ4n) is 3.82. The molecule has 5 aromatic rings. The van der Waals surface area contributed by atoms with Crippen LogP contribution >= 0.6 is 0 Å². The molecule has 0 radical (unpaired) electrons. The number of benzene rings is 1. The number of phenolic OH excluding ortho intramolecular Hbond substituents is 1. The molecule has 0 aliphatic rings. The van der Waals surface area contributed by atoms with Crippen LogP contribution in [0.4, 0.5) is 4.39 Å². The molecule has 0 amide bonds. The minimum absolute atomic E-state index is 0.144. The van der Waals surface area contributed by atoms with Gasteiger partial charge in [-0.15, -0.1) is 0 Å². The summed E-state index contributed by atoms with van der Waals surface area (Å²) in [4.78, 5) is 16.5. The number of aromatic amines is 2. The Morgan fingerprint density at radius 3 is 2.76 bits per heavy atom. The van der Waals surface area contributed by atoms with Gasteiger partial charge in [-0.05, 0) is 36.8 Å². The number of rotatable bonds is 5. The molecule has 0 spiro atoms. The molecule has 5 rings (SSSR count). The minimum Gasteiger partial charge on any atom is -0.508 e. The summed E-state index contributed by atoms with van der Waals surface area (Å²) in [6, 6.07) is 7.82. The van der Waals surface area contributed by atoms with Gasteiger partial charge in [0, 0.05) is 34.8 Å². The Labute approximate surface area is 188 Å². The molecule has 0 bridgehead atoms. The molecule has 0 unspecified atom stereocenters. The lowest BCUT2D eigenvalue weighted by Gasteiger charge is -2.04. The van der Waals surface area contributed by atoms with Crippen LogP contribution in [0.25, 0.3) is 50.0 Å². The first-order valence-electron chi connectivity index (χ1n) is 10.2. The Kier molecular flexibility index (Phi) is 5.02. The predicted molar refractivity (Wildman–Crippen MR) is 128 cm³/mol. The van der Waals surface area contributed by atoms with Crippen LogP contribution in [0.2, 0.25) is 0 Å². The van der Waals surface area contributed by atoms with E-state index in [9.17, 15) is 9.50 Å². The second kappa shape index (κ2) is 8.16. The number of phenols is 1. The number of aromatic hydroxyl groups is 1. The highest BCUT2D eigenvalue weighted by molar-refractivity contribution is 6.01. The summed E-state index contributed by atoms with van der Waals surface area (Å²) >= 11 is 0. The Balaban J connectivity index is 1.65. The van der Waals surface area contributed by atoms with E-state index < -0.39 is 5.82 Å². The fourth-order valence-corrected chi connectivity index (χ4v) is 3.82.